The van der Waals surface area contributed by atoms with E-state index in [1.54, 1.807) is 12.1 Å². The van der Waals surface area contributed by atoms with Gasteiger partial charge >= 0.3 is 11.9 Å². The SMILES string of the molecule is CNS(=O)(=O)c1ccc(CCC(=O)OCc2ccoc2C(=O)OC)cc1. The Morgan fingerprint density at radius 2 is 1.85 bits per heavy atom. The number of rotatable bonds is 8. The van der Waals surface area contributed by atoms with Crippen LogP contribution in [0.1, 0.15) is 28.1 Å². The van der Waals surface area contributed by atoms with Gasteiger partial charge in [0.2, 0.25) is 15.8 Å². The zero-order valence-corrected chi connectivity index (χ0v) is 15.2. The van der Waals surface area contributed by atoms with Crippen LogP contribution in [0.5, 0.6) is 0 Å². The number of benzene rings is 1. The van der Waals surface area contributed by atoms with Crippen molar-refractivity contribution in [1.82, 2.24) is 4.72 Å². The molecule has 26 heavy (non-hydrogen) atoms. The quantitative estimate of drug-likeness (QED) is 0.692. The third kappa shape index (κ3) is 4.93. The highest BCUT2D eigenvalue weighted by molar-refractivity contribution is 7.89. The van der Waals surface area contributed by atoms with Crippen LogP contribution in [0.25, 0.3) is 0 Å². The molecule has 140 valence electrons. The summed E-state index contributed by atoms with van der Waals surface area (Å²) < 4.78 is 40.2. The molecule has 8 nitrogen and oxygen atoms in total. The van der Waals surface area contributed by atoms with E-state index in [9.17, 15) is 18.0 Å². The van der Waals surface area contributed by atoms with Crippen molar-refractivity contribution in [3.05, 3.63) is 53.5 Å². The predicted octanol–water partition coefficient (Wildman–Crippen LogP) is 1.65. The van der Waals surface area contributed by atoms with E-state index in [1.807, 2.05) is 0 Å². The maximum Gasteiger partial charge on any atom is 0.374 e. The summed E-state index contributed by atoms with van der Waals surface area (Å²) in [5.41, 5.74) is 1.22. The molecule has 1 aromatic carbocycles. The minimum Gasteiger partial charge on any atom is -0.463 e. The van der Waals surface area contributed by atoms with Gasteiger partial charge in [0.05, 0.1) is 18.3 Å². The van der Waals surface area contributed by atoms with Crippen LogP contribution >= 0.6 is 0 Å². The molecule has 1 aromatic heterocycles. The van der Waals surface area contributed by atoms with E-state index in [4.69, 9.17) is 9.15 Å². The van der Waals surface area contributed by atoms with Crippen molar-refractivity contribution in [1.29, 1.82) is 0 Å². The number of ether oxygens (including phenoxy) is 2. The van der Waals surface area contributed by atoms with Crippen LogP contribution in [0.15, 0.2) is 45.9 Å². The van der Waals surface area contributed by atoms with Crippen LogP contribution in [0.2, 0.25) is 0 Å². The van der Waals surface area contributed by atoms with Gasteiger partial charge in [0.25, 0.3) is 0 Å². The molecule has 0 aliphatic heterocycles. The molecule has 0 amide bonds. The first-order valence-corrected chi connectivity index (χ1v) is 9.18. The summed E-state index contributed by atoms with van der Waals surface area (Å²) in [6, 6.07) is 7.76. The smallest absolute Gasteiger partial charge is 0.374 e. The van der Waals surface area contributed by atoms with Crippen molar-refractivity contribution in [2.24, 2.45) is 0 Å². The molecule has 0 saturated carbocycles. The molecule has 0 atom stereocenters. The number of hydrogen-bond acceptors (Lipinski definition) is 7. The van der Waals surface area contributed by atoms with Crippen molar-refractivity contribution >= 4 is 22.0 Å². The Morgan fingerprint density at radius 3 is 2.46 bits per heavy atom. The largest absolute Gasteiger partial charge is 0.463 e. The Labute approximate surface area is 151 Å². The van der Waals surface area contributed by atoms with E-state index in [0.29, 0.717) is 12.0 Å². The molecule has 2 rings (SSSR count). The maximum atomic E-state index is 11.9. The van der Waals surface area contributed by atoms with Gasteiger partial charge in [0.15, 0.2) is 0 Å². The third-order valence-corrected chi connectivity index (χ3v) is 5.06. The topological polar surface area (TPSA) is 112 Å². The van der Waals surface area contributed by atoms with E-state index >= 15 is 0 Å². The molecule has 0 radical (unpaired) electrons. The van der Waals surface area contributed by atoms with Crippen molar-refractivity contribution in [3.8, 4) is 0 Å². The molecular weight excluding hydrogens is 362 g/mol. The Balaban J connectivity index is 1.86. The van der Waals surface area contributed by atoms with Crippen LogP contribution in [0.3, 0.4) is 0 Å². The fourth-order valence-electron chi connectivity index (χ4n) is 2.15. The highest BCUT2D eigenvalue weighted by Gasteiger charge is 2.17. The van der Waals surface area contributed by atoms with Gasteiger partial charge in [-0.25, -0.2) is 17.9 Å². The molecule has 9 heteroatoms. The second kappa shape index (κ2) is 8.63. The summed E-state index contributed by atoms with van der Waals surface area (Å²) in [5, 5.41) is 0. The van der Waals surface area contributed by atoms with E-state index in [0.717, 1.165) is 5.56 Å². The van der Waals surface area contributed by atoms with Crippen molar-refractivity contribution < 1.29 is 31.9 Å². The molecule has 0 bridgehead atoms. The molecule has 0 unspecified atom stereocenters. The Kier molecular flexibility index (Phi) is 6.53. The summed E-state index contributed by atoms with van der Waals surface area (Å²) in [4.78, 5) is 23.5. The maximum absolute atomic E-state index is 11.9. The minimum atomic E-state index is -3.48. The fourth-order valence-corrected chi connectivity index (χ4v) is 2.88. The average Bonchev–Trinajstić information content (AvgIpc) is 3.13. The highest BCUT2D eigenvalue weighted by atomic mass is 32.2. The second-order valence-corrected chi connectivity index (χ2v) is 7.17. The number of esters is 2. The van der Waals surface area contributed by atoms with Gasteiger partial charge in [-0.1, -0.05) is 12.1 Å². The van der Waals surface area contributed by atoms with Gasteiger partial charge in [0, 0.05) is 12.0 Å². The lowest BCUT2D eigenvalue weighted by Crippen LogP contribution is -2.18. The predicted molar refractivity (Wildman–Crippen MR) is 90.9 cm³/mol. The average molecular weight is 381 g/mol. The molecule has 0 fully saturated rings. The fraction of sp³-hybridized carbons (Fsp3) is 0.294. The van der Waals surface area contributed by atoms with E-state index in [2.05, 4.69) is 9.46 Å². The third-order valence-electron chi connectivity index (χ3n) is 3.63. The summed E-state index contributed by atoms with van der Waals surface area (Å²) in [7, 11) is -0.914. The number of methoxy groups -OCH3 is 1. The summed E-state index contributed by atoms with van der Waals surface area (Å²) in [6.45, 7) is -0.0981. The van der Waals surface area contributed by atoms with Crippen molar-refractivity contribution in [3.63, 3.8) is 0 Å². The molecule has 0 aliphatic rings. The van der Waals surface area contributed by atoms with Crippen LogP contribution in [-0.4, -0.2) is 34.5 Å². The van der Waals surface area contributed by atoms with Gasteiger partial charge in [-0.2, -0.15) is 0 Å². The number of sulfonamides is 1. The summed E-state index contributed by atoms with van der Waals surface area (Å²) in [5.74, 6) is -1.09. The molecule has 0 spiro atoms. The van der Waals surface area contributed by atoms with Crippen molar-refractivity contribution in [2.75, 3.05) is 14.2 Å². The van der Waals surface area contributed by atoms with E-state index in [1.165, 1.54) is 38.6 Å². The Hall–Kier alpha value is -2.65. The van der Waals surface area contributed by atoms with E-state index in [-0.39, 0.29) is 23.7 Å². The molecule has 1 heterocycles. The first-order chi connectivity index (χ1) is 12.4. The number of hydrogen-bond donors (Lipinski definition) is 1. The Bertz CT molecular complexity index is 869. The first kappa shape index (κ1) is 19.7. The zero-order chi connectivity index (χ0) is 19.2. The van der Waals surface area contributed by atoms with Gasteiger partial charge in [-0.15, -0.1) is 0 Å². The molecular formula is C17H19NO7S. The monoisotopic (exact) mass is 381 g/mol. The highest BCUT2D eigenvalue weighted by Crippen LogP contribution is 2.15. The van der Waals surface area contributed by atoms with Gasteiger partial charge in [-0.05, 0) is 37.2 Å². The number of carbonyl (C=O) groups is 2. The number of carbonyl (C=O) groups excluding carboxylic acids is 2. The van der Waals surface area contributed by atoms with Gasteiger partial charge < -0.3 is 13.9 Å². The van der Waals surface area contributed by atoms with Gasteiger partial charge in [-0.3, -0.25) is 4.79 Å². The van der Waals surface area contributed by atoms with E-state index < -0.39 is 22.0 Å². The number of nitrogens with one attached hydrogen (secondary N) is 1. The van der Waals surface area contributed by atoms with Crippen molar-refractivity contribution in [2.45, 2.75) is 24.3 Å². The number of aryl methyl sites for hydroxylation is 1. The number of furan rings is 1. The second-order valence-electron chi connectivity index (χ2n) is 5.28. The molecule has 1 N–H and O–H groups in total. The molecule has 0 saturated heterocycles. The lowest BCUT2D eigenvalue weighted by molar-refractivity contribution is -0.144. The Morgan fingerprint density at radius 1 is 1.15 bits per heavy atom. The van der Waals surface area contributed by atoms with Crippen LogP contribution in [-0.2, 0) is 37.3 Å². The zero-order valence-electron chi connectivity index (χ0n) is 14.4. The minimum absolute atomic E-state index is 0.00151. The van der Waals surface area contributed by atoms with Crippen LogP contribution < -0.4 is 4.72 Å². The molecule has 2 aromatic rings. The van der Waals surface area contributed by atoms with Crippen LogP contribution in [0.4, 0.5) is 0 Å². The summed E-state index contributed by atoms with van der Waals surface area (Å²) >= 11 is 0. The van der Waals surface area contributed by atoms with Crippen LogP contribution in [0, 0.1) is 0 Å². The lowest BCUT2D eigenvalue weighted by atomic mass is 10.1. The first-order valence-electron chi connectivity index (χ1n) is 7.70. The standard InChI is InChI=1S/C17H19NO7S/c1-18-26(21,22)14-6-3-12(4-7-14)5-8-15(19)25-11-13-9-10-24-16(13)17(20)23-2/h3-4,6-7,9-10,18H,5,8,11H2,1-2H3. The molecule has 0 aliphatic carbocycles. The van der Waals surface area contributed by atoms with Gasteiger partial charge in [0.1, 0.15) is 6.61 Å². The normalized spacial score (nSPS) is 11.2. The summed E-state index contributed by atoms with van der Waals surface area (Å²) in [6.07, 6.45) is 1.83. The lowest BCUT2D eigenvalue weighted by Gasteiger charge is -2.06.